The number of aliphatic hydroxyl groups excluding tert-OH is 1. The second-order valence-corrected chi connectivity index (χ2v) is 3.87. The number of carboxylic acids is 1. The normalized spacial score (nSPS) is 30.5. The molecule has 0 aliphatic carbocycles. The zero-order valence-corrected chi connectivity index (χ0v) is 8.33. The van der Waals surface area contributed by atoms with Crippen molar-refractivity contribution in [1.29, 1.82) is 0 Å². The number of hydrogen-bond acceptors (Lipinski definition) is 5. The van der Waals surface area contributed by atoms with E-state index < -0.39 is 25.2 Å². The molecular formula is C8H16BNO5. The molecule has 0 spiro atoms. The summed E-state index contributed by atoms with van der Waals surface area (Å²) < 4.78 is 0. The predicted molar refractivity (Wildman–Crippen MR) is 53.2 cm³/mol. The van der Waals surface area contributed by atoms with Crippen molar-refractivity contribution in [3.63, 3.8) is 0 Å². The highest BCUT2D eigenvalue weighted by molar-refractivity contribution is 6.40. The number of β-amino-alcohol motifs (C(OH)–C–C–N with tert-alkyl or cyclic N) is 1. The fourth-order valence-corrected chi connectivity index (χ4v) is 1.94. The quantitative estimate of drug-likeness (QED) is 0.350. The lowest BCUT2D eigenvalue weighted by Crippen LogP contribution is -2.36. The van der Waals surface area contributed by atoms with Crippen molar-refractivity contribution in [3.8, 4) is 0 Å². The van der Waals surface area contributed by atoms with Gasteiger partial charge < -0.3 is 25.6 Å². The highest BCUT2D eigenvalue weighted by Gasteiger charge is 2.38. The zero-order chi connectivity index (χ0) is 11.4. The van der Waals surface area contributed by atoms with Gasteiger partial charge in [0.25, 0.3) is 0 Å². The first-order valence-electron chi connectivity index (χ1n) is 5.02. The molecule has 1 aliphatic heterocycles. The van der Waals surface area contributed by atoms with E-state index in [4.69, 9.17) is 15.2 Å². The molecule has 0 radical (unpaired) electrons. The minimum atomic E-state index is -1.36. The molecule has 3 atom stereocenters. The van der Waals surface area contributed by atoms with Gasteiger partial charge in [0, 0.05) is 12.5 Å². The van der Waals surface area contributed by atoms with E-state index in [0.717, 1.165) is 0 Å². The van der Waals surface area contributed by atoms with Gasteiger partial charge in [-0.25, -0.2) is 0 Å². The van der Waals surface area contributed by atoms with Crippen LogP contribution in [0.1, 0.15) is 12.8 Å². The smallest absolute Gasteiger partial charge is 0.451 e. The molecule has 7 heteroatoms. The summed E-state index contributed by atoms with van der Waals surface area (Å²) in [5.74, 6) is -1.32. The van der Waals surface area contributed by atoms with Gasteiger partial charge in [0.15, 0.2) is 0 Å². The van der Waals surface area contributed by atoms with Crippen LogP contribution in [0, 0.1) is 5.92 Å². The van der Waals surface area contributed by atoms with Crippen LogP contribution >= 0.6 is 0 Å². The van der Waals surface area contributed by atoms with Crippen molar-refractivity contribution in [3.05, 3.63) is 0 Å². The van der Waals surface area contributed by atoms with Crippen LogP contribution in [0.3, 0.4) is 0 Å². The summed E-state index contributed by atoms with van der Waals surface area (Å²) in [4.78, 5) is 10.8. The topological polar surface area (TPSA) is 110 Å². The molecule has 1 fully saturated rings. The monoisotopic (exact) mass is 217 g/mol. The molecule has 15 heavy (non-hydrogen) atoms. The number of rotatable bonds is 5. The van der Waals surface area contributed by atoms with Crippen molar-refractivity contribution in [1.82, 2.24) is 5.32 Å². The van der Waals surface area contributed by atoms with Crippen LogP contribution in [0.5, 0.6) is 0 Å². The molecule has 1 heterocycles. The number of carboxylic acid groups (broad SMARTS) is 1. The van der Waals surface area contributed by atoms with Crippen molar-refractivity contribution < 1.29 is 25.1 Å². The largest absolute Gasteiger partial charge is 0.480 e. The summed E-state index contributed by atoms with van der Waals surface area (Å²) >= 11 is 0. The molecule has 0 aromatic rings. The van der Waals surface area contributed by atoms with Crippen LogP contribution in [0.25, 0.3) is 0 Å². The standard InChI is InChI=1S/C8H16BNO5/c11-6-4-10-7(8(12)13)5(6)2-1-3-9(14)15/h5-7,10-11,14-15H,1-4H2,(H,12,13)/t5-,6-,7+/m1/s1. The fraction of sp³-hybridized carbons (Fsp3) is 0.875. The summed E-state index contributed by atoms with van der Waals surface area (Å²) in [5.41, 5.74) is 0. The van der Waals surface area contributed by atoms with Crippen LogP contribution in [0.4, 0.5) is 0 Å². The van der Waals surface area contributed by atoms with Gasteiger partial charge in [-0.3, -0.25) is 4.79 Å². The Morgan fingerprint density at radius 1 is 1.47 bits per heavy atom. The van der Waals surface area contributed by atoms with Crippen molar-refractivity contribution >= 4 is 13.1 Å². The van der Waals surface area contributed by atoms with Crippen LogP contribution in [-0.4, -0.2) is 52.0 Å². The minimum absolute atomic E-state index is 0.204. The van der Waals surface area contributed by atoms with Gasteiger partial charge in [-0.2, -0.15) is 0 Å². The molecule has 6 nitrogen and oxygen atoms in total. The Bertz CT molecular complexity index is 225. The van der Waals surface area contributed by atoms with Crippen LogP contribution in [0.15, 0.2) is 0 Å². The summed E-state index contributed by atoms with van der Waals surface area (Å²) in [6.07, 6.45) is 0.505. The lowest BCUT2D eigenvalue weighted by molar-refractivity contribution is -0.140. The van der Waals surface area contributed by atoms with E-state index in [-0.39, 0.29) is 18.8 Å². The third-order valence-electron chi connectivity index (χ3n) is 2.74. The first kappa shape index (κ1) is 12.4. The Labute approximate surface area is 88.1 Å². The third-order valence-corrected chi connectivity index (χ3v) is 2.74. The number of hydrogen-bond donors (Lipinski definition) is 5. The van der Waals surface area contributed by atoms with Crippen molar-refractivity contribution in [2.75, 3.05) is 6.54 Å². The van der Waals surface area contributed by atoms with Crippen LogP contribution in [0.2, 0.25) is 6.32 Å². The van der Waals surface area contributed by atoms with Crippen molar-refractivity contribution in [2.45, 2.75) is 31.3 Å². The van der Waals surface area contributed by atoms with E-state index >= 15 is 0 Å². The van der Waals surface area contributed by atoms with E-state index in [9.17, 15) is 9.90 Å². The van der Waals surface area contributed by atoms with Gasteiger partial charge in [0.1, 0.15) is 6.04 Å². The van der Waals surface area contributed by atoms with E-state index in [1.807, 2.05) is 0 Å². The highest BCUT2D eigenvalue weighted by atomic mass is 16.4. The second kappa shape index (κ2) is 5.46. The van der Waals surface area contributed by atoms with Gasteiger partial charge in [0.05, 0.1) is 6.10 Å². The molecule has 0 bridgehead atoms. The van der Waals surface area contributed by atoms with Crippen molar-refractivity contribution in [2.24, 2.45) is 5.92 Å². The van der Waals surface area contributed by atoms with E-state index in [1.165, 1.54) is 0 Å². The molecule has 5 N–H and O–H groups in total. The molecule has 0 aromatic heterocycles. The molecule has 1 rings (SSSR count). The van der Waals surface area contributed by atoms with Gasteiger partial charge in [0.2, 0.25) is 0 Å². The first-order chi connectivity index (χ1) is 7.02. The average molecular weight is 217 g/mol. The lowest BCUT2D eigenvalue weighted by atomic mass is 9.81. The molecule has 1 saturated heterocycles. The van der Waals surface area contributed by atoms with Crippen LogP contribution in [-0.2, 0) is 4.79 Å². The first-order valence-corrected chi connectivity index (χ1v) is 5.02. The predicted octanol–water partition coefficient (Wildman–Crippen LogP) is -1.73. The average Bonchev–Trinajstić information content (AvgIpc) is 2.47. The minimum Gasteiger partial charge on any atom is -0.480 e. The highest BCUT2D eigenvalue weighted by Crippen LogP contribution is 2.22. The summed E-state index contributed by atoms with van der Waals surface area (Å²) in [6.45, 7) is 0.281. The van der Waals surface area contributed by atoms with Crippen LogP contribution < -0.4 is 5.32 Å². The molecule has 0 unspecified atom stereocenters. The molecule has 0 saturated carbocycles. The summed E-state index contributed by atoms with van der Waals surface area (Å²) in [5, 5.41) is 38.3. The second-order valence-electron chi connectivity index (χ2n) is 3.87. The van der Waals surface area contributed by atoms with Gasteiger partial charge in [-0.1, -0.05) is 6.42 Å². The molecule has 0 aromatic carbocycles. The Hall–Kier alpha value is -0.625. The Morgan fingerprint density at radius 3 is 2.67 bits per heavy atom. The SMILES string of the molecule is O=C(O)[C@H]1NC[C@@H](O)[C@H]1CCCB(O)O. The zero-order valence-electron chi connectivity index (χ0n) is 8.33. The van der Waals surface area contributed by atoms with Gasteiger partial charge in [-0.05, 0) is 12.7 Å². The number of aliphatic carboxylic acids is 1. The Balaban J connectivity index is 2.39. The lowest BCUT2D eigenvalue weighted by Gasteiger charge is -2.17. The summed E-state index contributed by atoms with van der Waals surface area (Å²) in [6, 6.07) is -0.726. The molecular weight excluding hydrogens is 201 g/mol. The number of aliphatic hydroxyl groups is 1. The maximum Gasteiger partial charge on any atom is 0.451 e. The third kappa shape index (κ3) is 3.46. The van der Waals surface area contributed by atoms with Gasteiger partial charge in [-0.15, -0.1) is 0 Å². The maximum absolute atomic E-state index is 10.8. The van der Waals surface area contributed by atoms with E-state index in [0.29, 0.717) is 12.8 Å². The Morgan fingerprint density at radius 2 is 2.13 bits per heavy atom. The van der Waals surface area contributed by atoms with E-state index in [2.05, 4.69) is 5.32 Å². The van der Waals surface area contributed by atoms with Gasteiger partial charge >= 0.3 is 13.1 Å². The molecule has 1 aliphatic rings. The Kier molecular flexibility index (Phi) is 4.53. The molecule has 86 valence electrons. The summed E-state index contributed by atoms with van der Waals surface area (Å²) in [7, 11) is -1.36. The maximum atomic E-state index is 10.8. The number of carbonyl (C=O) groups is 1. The number of nitrogens with one attached hydrogen (secondary N) is 1. The van der Waals surface area contributed by atoms with E-state index in [1.54, 1.807) is 0 Å². The molecule has 0 amide bonds. The fourth-order valence-electron chi connectivity index (χ4n) is 1.94.